The van der Waals surface area contributed by atoms with E-state index in [1.165, 1.54) is 12.8 Å². The Morgan fingerprint density at radius 3 is 3.14 bits per heavy atom. The average molecular weight is 209 g/mol. The summed E-state index contributed by atoms with van der Waals surface area (Å²) in [4.78, 5) is 8.08. The van der Waals surface area contributed by atoms with Crippen LogP contribution in [0.15, 0.2) is 23.6 Å². The predicted octanol–water partition coefficient (Wildman–Crippen LogP) is 1.71. The Kier molecular flexibility index (Phi) is 3.37. The minimum atomic E-state index is 0.575. The molecule has 1 aliphatic rings. The van der Waals surface area contributed by atoms with Gasteiger partial charge in [0.2, 0.25) is 0 Å². The lowest BCUT2D eigenvalue weighted by atomic mass is 10.4. The normalized spacial score (nSPS) is 18.1. The number of nitrogens with zero attached hydrogens (tertiary/aromatic N) is 2. The molecular formula is C10H15N3S. The summed E-state index contributed by atoms with van der Waals surface area (Å²) >= 11 is 1.80. The third-order valence-corrected chi connectivity index (χ3v) is 3.20. The van der Waals surface area contributed by atoms with Crippen LogP contribution in [-0.4, -0.2) is 27.8 Å². The molecular weight excluding hydrogens is 194 g/mol. The van der Waals surface area contributed by atoms with Crippen molar-refractivity contribution in [1.82, 2.24) is 15.3 Å². The van der Waals surface area contributed by atoms with Crippen molar-refractivity contribution in [3.8, 4) is 0 Å². The van der Waals surface area contributed by atoms with Crippen molar-refractivity contribution < 1.29 is 0 Å². The summed E-state index contributed by atoms with van der Waals surface area (Å²) in [5.74, 6) is 0. The first-order chi connectivity index (χ1) is 6.84. The summed E-state index contributed by atoms with van der Waals surface area (Å²) in [6.07, 6.45) is 6.09. The van der Waals surface area contributed by atoms with Gasteiger partial charge in [0.1, 0.15) is 6.33 Å². The standard InChI is InChI=1S/C10H15N3S/c1-8(6-12-9-2-3-9)14-10-4-5-11-7-13-10/h4-5,7-9,12H,2-3,6H2,1H3. The van der Waals surface area contributed by atoms with Crippen molar-refractivity contribution in [2.24, 2.45) is 0 Å². The summed E-state index contributed by atoms with van der Waals surface area (Å²) in [6.45, 7) is 3.29. The van der Waals surface area contributed by atoms with Crippen LogP contribution >= 0.6 is 11.8 Å². The fourth-order valence-electron chi connectivity index (χ4n) is 1.22. The van der Waals surface area contributed by atoms with Gasteiger partial charge in [-0.25, -0.2) is 9.97 Å². The van der Waals surface area contributed by atoms with Crippen molar-refractivity contribution in [3.05, 3.63) is 18.6 Å². The molecule has 1 N–H and O–H groups in total. The first-order valence-corrected chi connectivity index (χ1v) is 5.88. The molecule has 1 heterocycles. The Labute approximate surface area is 88.7 Å². The van der Waals surface area contributed by atoms with Crippen LogP contribution < -0.4 is 5.32 Å². The van der Waals surface area contributed by atoms with E-state index in [2.05, 4.69) is 22.2 Å². The zero-order valence-electron chi connectivity index (χ0n) is 8.31. The summed E-state index contributed by atoms with van der Waals surface area (Å²) < 4.78 is 0. The molecule has 1 fully saturated rings. The van der Waals surface area contributed by atoms with Gasteiger partial charge in [-0.1, -0.05) is 6.92 Å². The van der Waals surface area contributed by atoms with Crippen LogP contribution in [0.2, 0.25) is 0 Å². The van der Waals surface area contributed by atoms with Gasteiger partial charge in [0.25, 0.3) is 0 Å². The molecule has 3 nitrogen and oxygen atoms in total. The third-order valence-electron chi connectivity index (χ3n) is 2.15. The topological polar surface area (TPSA) is 37.8 Å². The van der Waals surface area contributed by atoms with Crippen molar-refractivity contribution in [3.63, 3.8) is 0 Å². The summed E-state index contributed by atoms with van der Waals surface area (Å²) in [5.41, 5.74) is 0. The highest BCUT2D eigenvalue weighted by Gasteiger charge is 2.20. The lowest BCUT2D eigenvalue weighted by Gasteiger charge is -2.10. The van der Waals surface area contributed by atoms with Crippen LogP contribution in [0.5, 0.6) is 0 Å². The molecule has 1 saturated carbocycles. The highest BCUT2D eigenvalue weighted by atomic mass is 32.2. The SMILES string of the molecule is CC(CNC1CC1)Sc1ccncn1. The molecule has 0 spiro atoms. The van der Waals surface area contributed by atoms with Gasteiger partial charge in [-0.2, -0.15) is 0 Å². The fraction of sp³-hybridized carbons (Fsp3) is 0.600. The van der Waals surface area contributed by atoms with Crippen LogP contribution in [0, 0.1) is 0 Å². The van der Waals surface area contributed by atoms with Crippen LogP contribution in [0.4, 0.5) is 0 Å². The van der Waals surface area contributed by atoms with Crippen LogP contribution in [0.25, 0.3) is 0 Å². The second-order valence-corrected chi connectivity index (χ2v) is 5.12. The van der Waals surface area contributed by atoms with E-state index >= 15 is 0 Å². The van der Waals surface area contributed by atoms with Crippen molar-refractivity contribution in [2.75, 3.05) is 6.54 Å². The molecule has 0 bridgehead atoms. The Hall–Kier alpha value is -0.610. The van der Waals surface area contributed by atoms with E-state index in [0.29, 0.717) is 5.25 Å². The number of rotatable bonds is 5. The van der Waals surface area contributed by atoms with E-state index in [-0.39, 0.29) is 0 Å². The lowest BCUT2D eigenvalue weighted by Crippen LogP contribution is -2.24. The number of hydrogen-bond donors (Lipinski definition) is 1. The lowest BCUT2D eigenvalue weighted by molar-refractivity contribution is 0.678. The van der Waals surface area contributed by atoms with Gasteiger partial charge in [-0.05, 0) is 18.9 Å². The second-order valence-electron chi connectivity index (χ2n) is 3.66. The summed E-state index contributed by atoms with van der Waals surface area (Å²) in [5, 5.41) is 5.15. The summed E-state index contributed by atoms with van der Waals surface area (Å²) in [7, 11) is 0. The zero-order chi connectivity index (χ0) is 9.80. The first kappa shape index (κ1) is 9.93. The molecule has 1 aliphatic carbocycles. The largest absolute Gasteiger partial charge is 0.313 e. The Morgan fingerprint density at radius 2 is 2.50 bits per heavy atom. The Morgan fingerprint density at radius 1 is 1.64 bits per heavy atom. The Balaban J connectivity index is 1.73. The van der Waals surface area contributed by atoms with Gasteiger partial charge in [0.05, 0.1) is 5.03 Å². The molecule has 0 aliphatic heterocycles. The van der Waals surface area contributed by atoms with Gasteiger partial charge in [-0.3, -0.25) is 0 Å². The van der Waals surface area contributed by atoms with E-state index in [4.69, 9.17) is 0 Å². The van der Waals surface area contributed by atoms with Crippen molar-refractivity contribution in [1.29, 1.82) is 0 Å². The molecule has 1 unspecified atom stereocenters. The predicted molar refractivity (Wildman–Crippen MR) is 58.4 cm³/mol. The molecule has 14 heavy (non-hydrogen) atoms. The molecule has 0 aromatic carbocycles. The fourth-order valence-corrected chi connectivity index (χ4v) is 2.06. The quantitative estimate of drug-likeness (QED) is 0.592. The van der Waals surface area contributed by atoms with Crippen LogP contribution in [0.3, 0.4) is 0 Å². The molecule has 0 amide bonds. The van der Waals surface area contributed by atoms with Crippen LogP contribution in [-0.2, 0) is 0 Å². The molecule has 0 saturated heterocycles. The maximum atomic E-state index is 4.19. The molecule has 4 heteroatoms. The number of hydrogen-bond acceptors (Lipinski definition) is 4. The van der Waals surface area contributed by atoms with Gasteiger partial charge < -0.3 is 5.32 Å². The monoisotopic (exact) mass is 209 g/mol. The second kappa shape index (κ2) is 4.75. The maximum Gasteiger partial charge on any atom is 0.116 e. The third kappa shape index (κ3) is 3.27. The van der Waals surface area contributed by atoms with Gasteiger partial charge in [0.15, 0.2) is 0 Å². The number of nitrogens with one attached hydrogen (secondary N) is 1. The number of aromatic nitrogens is 2. The van der Waals surface area contributed by atoms with Crippen LogP contribution in [0.1, 0.15) is 19.8 Å². The van der Waals surface area contributed by atoms with Crippen molar-refractivity contribution in [2.45, 2.75) is 36.1 Å². The minimum Gasteiger partial charge on any atom is -0.313 e. The zero-order valence-corrected chi connectivity index (χ0v) is 9.13. The Bertz CT molecular complexity index is 274. The van der Waals surface area contributed by atoms with E-state index in [1.807, 2.05) is 6.07 Å². The molecule has 76 valence electrons. The van der Waals surface area contributed by atoms with E-state index in [9.17, 15) is 0 Å². The maximum absolute atomic E-state index is 4.19. The van der Waals surface area contributed by atoms with Crippen molar-refractivity contribution >= 4 is 11.8 Å². The smallest absolute Gasteiger partial charge is 0.116 e. The van der Waals surface area contributed by atoms with Gasteiger partial charge >= 0.3 is 0 Å². The average Bonchev–Trinajstić information content (AvgIpc) is 3.00. The van der Waals surface area contributed by atoms with E-state index in [1.54, 1.807) is 24.3 Å². The number of thioether (sulfide) groups is 1. The molecule has 1 aromatic heterocycles. The molecule has 1 atom stereocenters. The highest BCUT2D eigenvalue weighted by Crippen LogP contribution is 2.22. The highest BCUT2D eigenvalue weighted by molar-refractivity contribution is 7.99. The summed E-state index contributed by atoms with van der Waals surface area (Å²) in [6, 6.07) is 2.75. The molecule has 0 radical (unpaired) electrons. The van der Waals surface area contributed by atoms with Gasteiger partial charge in [0, 0.05) is 24.0 Å². The minimum absolute atomic E-state index is 0.575. The first-order valence-electron chi connectivity index (χ1n) is 5.00. The van der Waals surface area contributed by atoms with E-state index < -0.39 is 0 Å². The van der Waals surface area contributed by atoms with Gasteiger partial charge in [-0.15, -0.1) is 11.8 Å². The molecule has 2 rings (SSSR count). The molecule has 1 aromatic rings. The van der Waals surface area contributed by atoms with E-state index in [0.717, 1.165) is 17.6 Å².